The molecule has 268 valence electrons. The van der Waals surface area contributed by atoms with Crippen LogP contribution in [0.5, 0.6) is 0 Å². The van der Waals surface area contributed by atoms with E-state index in [0.717, 1.165) is 61.4 Å². The van der Waals surface area contributed by atoms with Crippen LogP contribution >= 0.6 is 11.3 Å². The second-order valence-corrected chi connectivity index (χ2v) is 15.6. The first kappa shape index (κ1) is 33.3. The Labute approximate surface area is 334 Å². The fourth-order valence-electron chi connectivity index (χ4n) is 8.04. The van der Waals surface area contributed by atoms with E-state index in [2.05, 4.69) is 170 Å². The van der Waals surface area contributed by atoms with Crippen LogP contribution in [0.1, 0.15) is 23.6 Å². The molecule has 0 aliphatic heterocycles. The fourth-order valence-corrected chi connectivity index (χ4v) is 9.27. The van der Waals surface area contributed by atoms with Crippen LogP contribution in [0.2, 0.25) is 0 Å². The summed E-state index contributed by atoms with van der Waals surface area (Å²) >= 11 is 1.80. The van der Waals surface area contributed by atoms with E-state index in [9.17, 15) is 0 Å². The van der Waals surface area contributed by atoms with Crippen molar-refractivity contribution in [2.45, 2.75) is 12.3 Å². The van der Waals surface area contributed by atoms with Crippen LogP contribution in [0.4, 0.5) is 0 Å². The zero-order valence-corrected chi connectivity index (χ0v) is 31.7. The Morgan fingerprint density at radius 1 is 0.474 bits per heavy atom. The van der Waals surface area contributed by atoms with Gasteiger partial charge in [0.2, 0.25) is 0 Å². The molecule has 4 nitrogen and oxygen atoms in total. The smallest absolute Gasteiger partial charge is 0.160 e. The Morgan fingerprint density at radius 2 is 1.07 bits per heavy atom. The molecular weight excluding hydrogens is 713 g/mol. The molecule has 0 saturated heterocycles. The number of para-hydroxylation sites is 1. The monoisotopic (exact) mass is 746 g/mol. The molecule has 1 aliphatic carbocycles. The molecule has 0 saturated carbocycles. The third-order valence-electron chi connectivity index (χ3n) is 11.0. The maximum absolute atomic E-state index is 5.37. The molecule has 0 amide bonds. The van der Waals surface area contributed by atoms with Crippen molar-refractivity contribution in [1.82, 2.24) is 19.9 Å². The van der Waals surface area contributed by atoms with Gasteiger partial charge in [-0.15, -0.1) is 11.3 Å². The van der Waals surface area contributed by atoms with Crippen molar-refractivity contribution >= 4 is 58.9 Å². The van der Waals surface area contributed by atoms with Gasteiger partial charge in [-0.05, 0) is 57.7 Å². The summed E-state index contributed by atoms with van der Waals surface area (Å²) in [6, 6.07) is 59.5. The van der Waals surface area contributed by atoms with Gasteiger partial charge in [0.15, 0.2) is 11.6 Å². The zero-order chi connectivity index (χ0) is 37.7. The molecule has 1 unspecified atom stereocenters. The summed E-state index contributed by atoms with van der Waals surface area (Å²) in [6.07, 6.45) is 7.79. The number of hydrogen-bond acceptors (Lipinski definition) is 5. The topological polar surface area (TPSA) is 51.6 Å². The van der Waals surface area contributed by atoms with E-state index in [4.69, 9.17) is 19.9 Å². The number of benzene rings is 7. The van der Waals surface area contributed by atoms with E-state index in [1.807, 2.05) is 18.2 Å². The van der Waals surface area contributed by atoms with Crippen LogP contribution in [0.3, 0.4) is 0 Å². The van der Waals surface area contributed by atoms with Gasteiger partial charge < -0.3 is 0 Å². The second kappa shape index (κ2) is 13.9. The molecule has 11 rings (SSSR count). The van der Waals surface area contributed by atoms with Crippen LogP contribution in [0.25, 0.3) is 92.7 Å². The Bertz CT molecular complexity index is 3180. The van der Waals surface area contributed by atoms with Crippen LogP contribution in [-0.2, 0) is 0 Å². The van der Waals surface area contributed by atoms with Gasteiger partial charge in [0.1, 0.15) is 0 Å². The molecule has 3 heterocycles. The zero-order valence-electron chi connectivity index (χ0n) is 30.9. The number of fused-ring (bicyclic) bond motifs is 5. The standard InChI is InChI=1S/C52H34N4S/c1-3-11-33(12-4-1)35-19-23-37(24-20-35)47-43-17-9-10-18-45(43)53-51(54-47)39-27-29-40(30-28-39)52-55-48(38-25-21-36(22-26-38)34-13-5-2-6-14-34)50-49(56-52)44-31-41-15-7-8-16-42(41)32-46(44)57-50/h1-25,27-32,38H,26H2. The average molecular weight is 747 g/mol. The number of thiophene rings is 1. The number of nitrogens with zero attached hydrogens (tertiary/aromatic N) is 4. The minimum absolute atomic E-state index is 0.134. The van der Waals surface area contributed by atoms with E-state index in [0.29, 0.717) is 5.82 Å². The highest BCUT2D eigenvalue weighted by Gasteiger charge is 2.22. The van der Waals surface area contributed by atoms with Crippen molar-refractivity contribution in [3.8, 4) is 45.2 Å². The third-order valence-corrected chi connectivity index (χ3v) is 12.2. The molecule has 0 spiro atoms. The fraction of sp³-hybridized carbons (Fsp3) is 0.0385. The Balaban J connectivity index is 0.992. The third kappa shape index (κ3) is 6.10. The maximum atomic E-state index is 5.37. The lowest BCUT2D eigenvalue weighted by Crippen LogP contribution is -2.04. The summed E-state index contributed by atoms with van der Waals surface area (Å²) in [7, 11) is 0. The Morgan fingerprint density at radius 3 is 1.79 bits per heavy atom. The van der Waals surface area contributed by atoms with Crippen LogP contribution in [0, 0.1) is 0 Å². The Kier molecular flexibility index (Phi) is 8.11. The summed E-state index contributed by atoms with van der Waals surface area (Å²) < 4.78 is 2.38. The second-order valence-electron chi connectivity index (χ2n) is 14.6. The summed E-state index contributed by atoms with van der Waals surface area (Å²) in [5.74, 6) is 1.54. The van der Waals surface area contributed by atoms with Crippen LogP contribution in [-0.4, -0.2) is 19.9 Å². The van der Waals surface area contributed by atoms with Gasteiger partial charge in [0, 0.05) is 38.1 Å². The van der Waals surface area contributed by atoms with E-state index in [-0.39, 0.29) is 5.92 Å². The molecular formula is C52H34N4S. The van der Waals surface area contributed by atoms with Crippen LogP contribution < -0.4 is 0 Å². The van der Waals surface area contributed by atoms with Gasteiger partial charge in [-0.3, -0.25) is 0 Å². The molecule has 1 atom stereocenters. The van der Waals surface area contributed by atoms with Crippen molar-refractivity contribution in [1.29, 1.82) is 0 Å². The van der Waals surface area contributed by atoms with Gasteiger partial charge in [0.25, 0.3) is 0 Å². The van der Waals surface area contributed by atoms with Gasteiger partial charge in [-0.2, -0.15) is 0 Å². The normalized spacial score (nSPS) is 14.1. The molecule has 0 bridgehead atoms. The quantitative estimate of drug-likeness (QED) is 0.170. The Hall–Kier alpha value is -7.08. The molecule has 3 aromatic heterocycles. The minimum atomic E-state index is 0.134. The molecule has 7 aromatic carbocycles. The first-order valence-electron chi connectivity index (χ1n) is 19.3. The molecule has 5 heteroatoms. The average Bonchev–Trinajstić information content (AvgIpc) is 3.65. The van der Waals surface area contributed by atoms with E-state index < -0.39 is 0 Å². The summed E-state index contributed by atoms with van der Waals surface area (Å²) in [5.41, 5.74) is 11.7. The SMILES string of the molecule is C1=CC(c2nc(-c3ccc(-c4nc(-c5ccc(-c6ccccc6)cc5)c5ccccc5n4)cc3)nc3c2sc2cc4ccccc4cc23)CC=C1c1ccccc1. The molecule has 0 N–H and O–H groups in total. The predicted molar refractivity (Wildman–Crippen MR) is 238 cm³/mol. The van der Waals surface area contributed by atoms with Gasteiger partial charge in [-0.25, -0.2) is 19.9 Å². The summed E-state index contributed by atoms with van der Waals surface area (Å²) in [4.78, 5) is 20.9. The van der Waals surface area contributed by atoms with Crippen molar-refractivity contribution in [2.75, 3.05) is 0 Å². The molecule has 0 radical (unpaired) electrons. The number of hydrogen-bond donors (Lipinski definition) is 0. The number of aromatic nitrogens is 4. The first-order chi connectivity index (χ1) is 28.2. The van der Waals surface area contributed by atoms with Crippen molar-refractivity contribution in [3.63, 3.8) is 0 Å². The summed E-state index contributed by atoms with van der Waals surface area (Å²) in [5, 5.41) is 4.64. The lowest BCUT2D eigenvalue weighted by molar-refractivity contribution is 0.827. The molecule has 10 aromatic rings. The largest absolute Gasteiger partial charge is 0.231 e. The molecule has 0 fully saturated rings. The minimum Gasteiger partial charge on any atom is -0.231 e. The predicted octanol–water partition coefficient (Wildman–Crippen LogP) is 13.7. The first-order valence-corrected chi connectivity index (χ1v) is 20.1. The maximum Gasteiger partial charge on any atom is 0.160 e. The van der Waals surface area contributed by atoms with Crippen molar-refractivity contribution in [2.24, 2.45) is 0 Å². The van der Waals surface area contributed by atoms with Crippen LogP contribution in [0.15, 0.2) is 188 Å². The van der Waals surface area contributed by atoms with Gasteiger partial charge in [0.05, 0.1) is 27.1 Å². The van der Waals surface area contributed by atoms with Crippen molar-refractivity contribution < 1.29 is 0 Å². The highest BCUT2D eigenvalue weighted by Crippen LogP contribution is 2.42. The highest BCUT2D eigenvalue weighted by atomic mass is 32.1. The number of rotatable bonds is 6. The van der Waals surface area contributed by atoms with Gasteiger partial charge in [-0.1, -0.05) is 170 Å². The van der Waals surface area contributed by atoms with Gasteiger partial charge >= 0.3 is 0 Å². The summed E-state index contributed by atoms with van der Waals surface area (Å²) in [6.45, 7) is 0. The van der Waals surface area contributed by atoms with E-state index in [1.54, 1.807) is 11.3 Å². The van der Waals surface area contributed by atoms with E-state index >= 15 is 0 Å². The number of allylic oxidation sites excluding steroid dienone is 4. The lowest BCUT2D eigenvalue weighted by Gasteiger charge is -2.18. The lowest BCUT2D eigenvalue weighted by atomic mass is 9.90. The highest BCUT2D eigenvalue weighted by molar-refractivity contribution is 7.26. The van der Waals surface area contributed by atoms with E-state index in [1.165, 1.54) is 43.1 Å². The van der Waals surface area contributed by atoms with Crippen molar-refractivity contribution in [3.05, 3.63) is 199 Å². The molecule has 1 aliphatic rings. The molecule has 57 heavy (non-hydrogen) atoms.